The molecule has 3 nitrogen and oxygen atoms in total. The summed E-state index contributed by atoms with van der Waals surface area (Å²) >= 11 is 0. The van der Waals surface area contributed by atoms with Gasteiger partial charge in [-0.1, -0.05) is 0 Å². The molecule has 0 bridgehead atoms. The molecule has 1 fully saturated rings. The molecule has 3 heteroatoms. The van der Waals surface area contributed by atoms with Gasteiger partial charge in [-0.15, -0.1) is 0 Å². The van der Waals surface area contributed by atoms with E-state index in [1.54, 1.807) is 0 Å². The predicted molar refractivity (Wildman–Crippen MR) is 31.9 cm³/mol. The zero-order valence-corrected chi connectivity index (χ0v) is 5.63. The summed E-state index contributed by atoms with van der Waals surface area (Å²) in [5, 5.41) is 0. The highest BCUT2D eigenvalue weighted by molar-refractivity contribution is 4.40. The second-order valence-electron chi connectivity index (χ2n) is 1.84. The maximum atomic E-state index is 5.07. The molecule has 0 unspecified atom stereocenters. The summed E-state index contributed by atoms with van der Waals surface area (Å²) in [4.78, 5) is 0. The van der Waals surface area contributed by atoms with Crippen LogP contribution >= 0.6 is 0 Å². The van der Waals surface area contributed by atoms with Gasteiger partial charge in [0.05, 0.1) is 13.2 Å². The van der Waals surface area contributed by atoms with E-state index < -0.39 is 6.48 Å². The van der Waals surface area contributed by atoms with Gasteiger partial charge in [0, 0.05) is 6.61 Å². The highest BCUT2D eigenvalue weighted by Gasteiger charge is 2.12. The van der Waals surface area contributed by atoms with E-state index in [9.17, 15) is 0 Å². The van der Waals surface area contributed by atoms with Gasteiger partial charge in [0.1, 0.15) is 0 Å². The first kappa shape index (κ1) is 6.99. The molecule has 0 radical (unpaired) electrons. The number of hydrogen-bond acceptors (Lipinski definition) is 3. The van der Waals surface area contributed by atoms with Crippen molar-refractivity contribution in [2.24, 2.45) is 0 Å². The maximum Gasteiger partial charge on any atom is 0.271 e. The van der Waals surface area contributed by atoms with E-state index >= 15 is 0 Å². The van der Waals surface area contributed by atoms with Gasteiger partial charge in [-0.2, -0.15) is 0 Å². The summed E-state index contributed by atoms with van der Waals surface area (Å²) < 4.78 is 15.2. The monoisotopic (exact) mass is 132 g/mol. The molecule has 0 aromatic carbocycles. The van der Waals surface area contributed by atoms with Gasteiger partial charge in [0.15, 0.2) is 0 Å². The molecular formula is C6H12O3. The fourth-order valence-corrected chi connectivity index (χ4v) is 0.698. The molecule has 1 aliphatic rings. The van der Waals surface area contributed by atoms with Crippen LogP contribution < -0.4 is 0 Å². The molecule has 0 amide bonds. The Morgan fingerprint density at radius 3 is 2.67 bits per heavy atom. The highest BCUT2D eigenvalue weighted by atomic mass is 16.8. The van der Waals surface area contributed by atoms with Crippen molar-refractivity contribution in [1.29, 1.82) is 0 Å². The van der Waals surface area contributed by atoms with Crippen LogP contribution in [-0.4, -0.2) is 26.3 Å². The van der Waals surface area contributed by atoms with Gasteiger partial charge in [0.25, 0.3) is 6.48 Å². The van der Waals surface area contributed by atoms with E-state index in [1.807, 2.05) is 6.92 Å². The lowest BCUT2D eigenvalue weighted by Crippen LogP contribution is -2.27. The Bertz CT molecular complexity index is 65.9. The van der Waals surface area contributed by atoms with E-state index in [0.29, 0.717) is 6.61 Å². The van der Waals surface area contributed by atoms with Crippen LogP contribution in [-0.2, 0) is 14.2 Å². The molecular weight excluding hydrogens is 120 g/mol. The second kappa shape index (κ2) is 3.82. The Morgan fingerprint density at radius 1 is 1.44 bits per heavy atom. The molecule has 0 spiro atoms. The smallest absolute Gasteiger partial charge is 0.271 e. The highest BCUT2D eigenvalue weighted by Crippen LogP contribution is 2.04. The summed E-state index contributed by atoms with van der Waals surface area (Å²) in [6, 6.07) is 0. The Labute approximate surface area is 54.9 Å². The van der Waals surface area contributed by atoms with Crippen molar-refractivity contribution in [3.05, 3.63) is 0 Å². The minimum Gasteiger partial charge on any atom is -0.330 e. The fraction of sp³-hybridized carbons (Fsp3) is 1.00. The van der Waals surface area contributed by atoms with Gasteiger partial charge in [-0.05, 0) is 13.3 Å². The molecule has 0 saturated carbocycles. The molecule has 1 rings (SSSR count). The molecule has 0 aromatic heterocycles. The van der Waals surface area contributed by atoms with Crippen LogP contribution in [0.1, 0.15) is 13.3 Å². The van der Waals surface area contributed by atoms with Crippen molar-refractivity contribution in [1.82, 2.24) is 0 Å². The quantitative estimate of drug-likeness (QED) is 0.554. The average molecular weight is 132 g/mol. The lowest BCUT2D eigenvalue weighted by atomic mass is 10.5. The molecule has 0 aromatic rings. The van der Waals surface area contributed by atoms with E-state index in [-0.39, 0.29) is 0 Å². The molecule has 1 aliphatic heterocycles. The van der Waals surface area contributed by atoms with Crippen LogP contribution in [0.15, 0.2) is 0 Å². The summed E-state index contributed by atoms with van der Waals surface area (Å²) in [6.07, 6.45) is 0.976. The second-order valence-corrected chi connectivity index (χ2v) is 1.84. The molecule has 0 N–H and O–H groups in total. The third-order valence-corrected chi connectivity index (χ3v) is 1.10. The zero-order chi connectivity index (χ0) is 6.53. The molecule has 1 heterocycles. The molecule has 0 aliphatic carbocycles. The minimum absolute atomic E-state index is 0.399. The Balaban J connectivity index is 2.08. The summed E-state index contributed by atoms with van der Waals surface area (Å²) in [5.41, 5.74) is 0. The first-order valence-corrected chi connectivity index (χ1v) is 3.28. The molecule has 0 atom stereocenters. The Hall–Kier alpha value is -0.120. The van der Waals surface area contributed by atoms with Crippen molar-refractivity contribution in [2.75, 3.05) is 19.8 Å². The van der Waals surface area contributed by atoms with Crippen LogP contribution in [0.2, 0.25) is 0 Å². The SMILES string of the molecule is CCOC1OCCCO1. The third kappa shape index (κ3) is 2.30. The van der Waals surface area contributed by atoms with Gasteiger partial charge >= 0.3 is 0 Å². The summed E-state index contributed by atoms with van der Waals surface area (Å²) in [6.45, 7) is 3.67. The van der Waals surface area contributed by atoms with Crippen LogP contribution in [0.5, 0.6) is 0 Å². The first-order valence-electron chi connectivity index (χ1n) is 3.28. The third-order valence-electron chi connectivity index (χ3n) is 1.10. The van der Waals surface area contributed by atoms with Crippen molar-refractivity contribution in [3.8, 4) is 0 Å². The minimum atomic E-state index is -0.399. The van der Waals surface area contributed by atoms with E-state index in [1.165, 1.54) is 0 Å². The van der Waals surface area contributed by atoms with E-state index in [0.717, 1.165) is 19.6 Å². The molecule has 54 valence electrons. The average Bonchev–Trinajstić information content (AvgIpc) is 1.91. The first-order chi connectivity index (χ1) is 4.43. The van der Waals surface area contributed by atoms with E-state index in [4.69, 9.17) is 14.2 Å². The zero-order valence-electron chi connectivity index (χ0n) is 5.63. The summed E-state index contributed by atoms with van der Waals surface area (Å²) in [7, 11) is 0. The fourth-order valence-electron chi connectivity index (χ4n) is 0.698. The number of hydrogen-bond donors (Lipinski definition) is 0. The van der Waals surface area contributed by atoms with E-state index in [2.05, 4.69) is 0 Å². The molecule has 9 heavy (non-hydrogen) atoms. The number of rotatable bonds is 2. The van der Waals surface area contributed by atoms with Crippen LogP contribution in [0.25, 0.3) is 0 Å². The number of ether oxygens (including phenoxy) is 3. The van der Waals surface area contributed by atoms with Crippen molar-refractivity contribution in [3.63, 3.8) is 0 Å². The van der Waals surface area contributed by atoms with Crippen molar-refractivity contribution in [2.45, 2.75) is 19.8 Å². The lowest BCUT2D eigenvalue weighted by Gasteiger charge is -2.21. The Morgan fingerprint density at radius 2 is 2.11 bits per heavy atom. The molecule has 1 saturated heterocycles. The normalized spacial score (nSPS) is 22.3. The topological polar surface area (TPSA) is 27.7 Å². The maximum absolute atomic E-state index is 5.07. The van der Waals surface area contributed by atoms with Gasteiger partial charge in [-0.25, -0.2) is 0 Å². The van der Waals surface area contributed by atoms with Crippen molar-refractivity contribution < 1.29 is 14.2 Å². The van der Waals surface area contributed by atoms with Crippen LogP contribution in [0.4, 0.5) is 0 Å². The van der Waals surface area contributed by atoms with Crippen LogP contribution in [0.3, 0.4) is 0 Å². The van der Waals surface area contributed by atoms with Crippen molar-refractivity contribution >= 4 is 0 Å². The van der Waals surface area contributed by atoms with Gasteiger partial charge in [-0.3, -0.25) is 0 Å². The van der Waals surface area contributed by atoms with Gasteiger partial charge in [0.2, 0.25) is 0 Å². The predicted octanol–water partition coefficient (Wildman–Crippen LogP) is 0.743. The Kier molecular flexibility index (Phi) is 2.97. The lowest BCUT2D eigenvalue weighted by molar-refractivity contribution is -0.308. The van der Waals surface area contributed by atoms with Gasteiger partial charge < -0.3 is 14.2 Å². The largest absolute Gasteiger partial charge is 0.330 e. The summed E-state index contributed by atoms with van der Waals surface area (Å²) in [5.74, 6) is 0. The van der Waals surface area contributed by atoms with Crippen LogP contribution in [0, 0.1) is 0 Å². The standard InChI is InChI=1S/C6H12O3/c1-2-7-6-8-4-3-5-9-6/h6H,2-5H2,1H3.